The average molecular weight is 296 g/mol. The van der Waals surface area contributed by atoms with Gasteiger partial charge in [-0.25, -0.2) is 8.42 Å². The largest absolute Gasteiger partial charge is 0.480 e. The highest BCUT2D eigenvalue weighted by atomic mass is 32.2. The van der Waals surface area contributed by atoms with Gasteiger partial charge in [0.1, 0.15) is 6.54 Å². The molecule has 112 valence electrons. The van der Waals surface area contributed by atoms with Crippen LogP contribution in [0.3, 0.4) is 0 Å². The van der Waals surface area contributed by atoms with E-state index in [1.54, 1.807) is 19.0 Å². The Morgan fingerprint density at radius 1 is 1.21 bits per heavy atom. The van der Waals surface area contributed by atoms with E-state index in [1.165, 1.54) is 0 Å². The van der Waals surface area contributed by atoms with Gasteiger partial charge in [0.2, 0.25) is 10.0 Å². The number of rotatable bonds is 9. The molecule has 8 nitrogen and oxygen atoms in total. The van der Waals surface area contributed by atoms with E-state index in [2.05, 4.69) is 4.74 Å². The van der Waals surface area contributed by atoms with Crippen LogP contribution in [0.25, 0.3) is 0 Å². The van der Waals surface area contributed by atoms with Gasteiger partial charge in [0.25, 0.3) is 0 Å². The summed E-state index contributed by atoms with van der Waals surface area (Å²) in [5.41, 5.74) is 0. The Morgan fingerprint density at radius 2 is 1.79 bits per heavy atom. The third kappa shape index (κ3) is 7.75. The van der Waals surface area contributed by atoms with Gasteiger partial charge >= 0.3 is 11.9 Å². The zero-order valence-corrected chi connectivity index (χ0v) is 12.1. The number of carbonyl (C=O) groups excluding carboxylic acids is 1. The summed E-state index contributed by atoms with van der Waals surface area (Å²) in [5, 5.41) is 8.72. The predicted molar refractivity (Wildman–Crippen MR) is 68.2 cm³/mol. The number of esters is 1. The van der Waals surface area contributed by atoms with Gasteiger partial charge in [-0.15, -0.1) is 0 Å². The number of carboxylic acids is 1. The molecule has 0 radical (unpaired) electrons. The number of hydrogen-bond donors (Lipinski definition) is 1. The summed E-state index contributed by atoms with van der Waals surface area (Å²) in [4.78, 5) is 23.4. The third-order valence-electron chi connectivity index (χ3n) is 2.29. The van der Waals surface area contributed by atoms with Gasteiger partial charge in [0, 0.05) is 13.1 Å². The SMILES string of the molecule is COC(=O)CCS(=O)(=O)N(CCN(C)C)CC(=O)O. The fourth-order valence-corrected chi connectivity index (χ4v) is 2.57. The van der Waals surface area contributed by atoms with E-state index in [0.29, 0.717) is 6.54 Å². The molecular weight excluding hydrogens is 276 g/mol. The smallest absolute Gasteiger partial charge is 0.318 e. The highest BCUT2D eigenvalue weighted by Crippen LogP contribution is 2.04. The van der Waals surface area contributed by atoms with Crippen molar-refractivity contribution < 1.29 is 27.9 Å². The number of hydrogen-bond acceptors (Lipinski definition) is 6. The van der Waals surface area contributed by atoms with Gasteiger partial charge in [-0.2, -0.15) is 4.31 Å². The van der Waals surface area contributed by atoms with Crippen molar-refractivity contribution in [2.24, 2.45) is 0 Å². The van der Waals surface area contributed by atoms with Crippen LogP contribution in [-0.4, -0.2) is 81.3 Å². The quantitative estimate of drug-likeness (QED) is 0.534. The highest BCUT2D eigenvalue weighted by Gasteiger charge is 2.25. The molecule has 0 unspecified atom stereocenters. The van der Waals surface area contributed by atoms with Gasteiger partial charge in [-0.3, -0.25) is 9.59 Å². The minimum absolute atomic E-state index is 0.0583. The van der Waals surface area contributed by atoms with E-state index in [0.717, 1.165) is 11.4 Å². The van der Waals surface area contributed by atoms with Crippen LogP contribution in [0, 0.1) is 0 Å². The monoisotopic (exact) mass is 296 g/mol. The van der Waals surface area contributed by atoms with E-state index < -0.39 is 34.3 Å². The van der Waals surface area contributed by atoms with Crippen molar-refractivity contribution in [2.75, 3.05) is 46.6 Å². The van der Waals surface area contributed by atoms with Crippen molar-refractivity contribution in [1.82, 2.24) is 9.21 Å². The Morgan fingerprint density at radius 3 is 2.21 bits per heavy atom. The number of carbonyl (C=O) groups is 2. The zero-order valence-electron chi connectivity index (χ0n) is 11.3. The molecule has 0 aromatic carbocycles. The van der Waals surface area contributed by atoms with E-state index in [1.807, 2.05) is 0 Å². The standard InChI is InChI=1S/C10H20N2O6S/c1-11(2)5-6-12(8-9(13)14)19(16,17)7-4-10(15)18-3/h4-8H2,1-3H3,(H,13,14). The number of methoxy groups -OCH3 is 1. The van der Waals surface area contributed by atoms with Gasteiger partial charge in [0.15, 0.2) is 0 Å². The second kappa shape index (κ2) is 8.08. The molecule has 0 bridgehead atoms. The van der Waals surface area contributed by atoms with Crippen molar-refractivity contribution in [2.45, 2.75) is 6.42 Å². The fraction of sp³-hybridized carbons (Fsp3) is 0.800. The van der Waals surface area contributed by atoms with E-state index >= 15 is 0 Å². The molecule has 0 atom stereocenters. The number of nitrogens with zero attached hydrogens (tertiary/aromatic N) is 2. The van der Waals surface area contributed by atoms with Gasteiger partial charge in [-0.1, -0.05) is 0 Å². The number of sulfonamides is 1. The van der Waals surface area contributed by atoms with Crippen molar-refractivity contribution in [1.29, 1.82) is 0 Å². The first kappa shape index (κ1) is 17.8. The molecule has 0 aromatic heterocycles. The lowest BCUT2D eigenvalue weighted by molar-refractivity contribution is -0.140. The van der Waals surface area contributed by atoms with E-state index in [-0.39, 0.29) is 13.0 Å². The number of aliphatic carboxylic acids is 1. The molecule has 0 aliphatic rings. The average Bonchev–Trinajstić information content (AvgIpc) is 2.30. The molecule has 1 N–H and O–H groups in total. The minimum atomic E-state index is -3.79. The maximum atomic E-state index is 11.9. The van der Waals surface area contributed by atoms with Crippen LogP contribution in [0.1, 0.15) is 6.42 Å². The molecule has 0 saturated heterocycles. The molecule has 0 aliphatic carbocycles. The van der Waals surface area contributed by atoms with Crippen molar-refractivity contribution in [3.63, 3.8) is 0 Å². The second-order valence-electron chi connectivity index (χ2n) is 4.17. The van der Waals surface area contributed by atoms with Crippen LogP contribution in [0.5, 0.6) is 0 Å². The summed E-state index contributed by atoms with van der Waals surface area (Å²) < 4.78 is 29.1. The van der Waals surface area contributed by atoms with Gasteiger partial charge < -0.3 is 14.7 Å². The fourth-order valence-electron chi connectivity index (χ4n) is 1.22. The molecule has 0 heterocycles. The summed E-state index contributed by atoms with van der Waals surface area (Å²) in [6.45, 7) is -0.162. The highest BCUT2D eigenvalue weighted by molar-refractivity contribution is 7.89. The molecular formula is C10H20N2O6S. The van der Waals surface area contributed by atoms with Gasteiger partial charge in [0.05, 0.1) is 19.3 Å². The summed E-state index contributed by atoms with van der Waals surface area (Å²) in [5.74, 6) is -2.34. The van der Waals surface area contributed by atoms with E-state index in [4.69, 9.17) is 5.11 Å². The van der Waals surface area contributed by atoms with Crippen molar-refractivity contribution in [3.05, 3.63) is 0 Å². The lowest BCUT2D eigenvalue weighted by Crippen LogP contribution is -2.41. The first-order valence-electron chi connectivity index (χ1n) is 5.60. The van der Waals surface area contributed by atoms with Crippen LogP contribution < -0.4 is 0 Å². The van der Waals surface area contributed by atoms with Crippen LogP contribution in [0.4, 0.5) is 0 Å². The molecule has 0 amide bonds. The molecule has 0 rings (SSSR count). The number of likely N-dealkylation sites (N-methyl/N-ethyl adjacent to an activating group) is 1. The van der Waals surface area contributed by atoms with Crippen LogP contribution in [-0.2, 0) is 24.3 Å². The lowest BCUT2D eigenvalue weighted by Gasteiger charge is -2.21. The Bertz CT molecular complexity index is 406. The van der Waals surface area contributed by atoms with Gasteiger partial charge in [-0.05, 0) is 14.1 Å². The molecule has 0 aromatic rings. The predicted octanol–water partition coefficient (Wildman–Crippen LogP) is -1.17. The molecule has 9 heteroatoms. The Hall–Kier alpha value is -1.19. The van der Waals surface area contributed by atoms with Crippen molar-refractivity contribution >= 4 is 22.0 Å². The Balaban J connectivity index is 4.70. The minimum Gasteiger partial charge on any atom is -0.480 e. The third-order valence-corrected chi connectivity index (χ3v) is 4.11. The van der Waals surface area contributed by atoms with Crippen LogP contribution in [0.2, 0.25) is 0 Å². The molecule has 0 fully saturated rings. The summed E-state index contributed by atoms with van der Waals surface area (Å²) in [7, 11) is 0.869. The summed E-state index contributed by atoms with van der Waals surface area (Å²) in [6, 6.07) is 0. The maximum absolute atomic E-state index is 11.9. The summed E-state index contributed by atoms with van der Waals surface area (Å²) >= 11 is 0. The Labute approximate surface area is 113 Å². The molecule has 0 saturated carbocycles. The number of ether oxygens (including phenoxy) is 1. The zero-order chi connectivity index (χ0) is 15.1. The first-order valence-corrected chi connectivity index (χ1v) is 7.21. The number of carboxylic acid groups (broad SMARTS) is 1. The maximum Gasteiger partial charge on any atom is 0.318 e. The Kier molecular flexibility index (Phi) is 7.57. The topological polar surface area (TPSA) is 104 Å². The summed E-state index contributed by atoms with van der Waals surface area (Å²) in [6.07, 6.45) is -0.295. The molecule has 19 heavy (non-hydrogen) atoms. The molecule has 0 aliphatic heterocycles. The normalized spacial score (nSPS) is 11.8. The second-order valence-corrected chi connectivity index (χ2v) is 6.26. The molecule has 0 spiro atoms. The lowest BCUT2D eigenvalue weighted by atomic mass is 10.5. The van der Waals surface area contributed by atoms with Crippen LogP contribution >= 0.6 is 0 Å². The van der Waals surface area contributed by atoms with Crippen molar-refractivity contribution in [3.8, 4) is 0 Å². The van der Waals surface area contributed by atoms with Crippen LogP contribution in [0.15, 0.2) is 0 Å². The first-order chi connectivity index (χ1) is 8.69. The van der Waals surface area contributed by atoms with E-state index in [9.17, 15) is 18.0 Å².